The van der Waals surface area contributed by atoms with Gasteiger partial charge >= 0.3 is 0 Å². The quantitative estimate of drug-likeness (QED) is 0.871. The number of rotatable bonds is 3. The van der Waals surface area contributed by atoms with E-state index in [1.165, 1.54) is 6.42 Å². The van der Waals surface area contributed by atoms with Gasteiger partial charge < -0.3 is 10.2 Å². The van der Waals surface area contributed by atoms with Crippen LogP contribution in [0.1, 0.15) is 46.0 Å². The average molecular weight is 305 g/mol. The smallest absolute Gasteiger partial charge is 0.229 e. The van der Waals surface area contributed by atoms with Crippen molar-refractivity contribution in [2.75, 3.05) is 4.90 Å². The first-order valence-electron chi connectivity index (χ1n) is 7.64. The largest absolute Gasteiger partial charge is 0.302 e. The summed E-state index contributed by atoms with van der Waals surface area (Å²) in [5, 5.41) is 3.35. The van der Waals surface area contributed by atoms with E-state index in [9.17, 15) is 4.79 Å². The number of hydrogen-bond donors (Lipinski definition) is 1. The number of anilines is 1. The van der Waals surface area contributed by atoms with Gasteiger partial charge in [0.25, 0.3) is 0 Å². The Hall–Kier alpha value is -1.49. The molecule has 1 aliphatic rings. The Morgan fingerprint density at radius 2 is 2.05 bits per heavy atom. The van der Waals surface area contributed by atoms with E-state index in [0.29, 0.717) is 5.11 Å². The molecular formula is C16H23N3OS. The Kier molecular flexibility index (Phi) is 5.67. The first-order chi connectivity index (χ1) is 10.1. The van der Waals surface area contributed by atoms with Gasteiger partial charge in [0.2, 0.25) is 5.91 Å². The van der Waals surface area contributed by atoms with Gasteiger partial charge in [0.15, 0.2) is 5.11 Å². The van der Waals surface area contributed by atoms with Crippen molar-refractivity contribution in [3.05, 3.63) is 24.4 Å². The number of aromatic nitrogens is 1. The van der Waals surface area contributed by atoms with Gasteiger partial charge in [0.1, 0.15) is 5.82 Å². The van der Waals surface area contributed by atoms with Crippen LogP contribution in [0.3, 0.4) is 0 Å². The zero-order chi connectivity index (χ0) is 15.2. The van der Waals surface area contributed by atoms with Crippen LogP contribution in [0.5, 0.6) is 0 Å². The third-order valence-electron chi connectivity index (χ3n) is 3.84. The van der Waals surface area contributed by atoms with Crippen molar-refractivity contribution >= 4 is 29.1 Å². The van der Waals surface area contributed by atoms with Crippen molar-refractivity contribution in [1.82, 2.24) is 10.3 Å². The lowest BCUT2D eigenvalue weighted by Crippen LogP contribution is -2.48. The predicted molar refractivity (Wildman–Crippen MR) is 89.2 cm³/mol. The van der Waals surface area contributed by atoms with E-state index in [-0.39, 0.29) is 17.9 Å². The molecule has 1 amide bonds. The molecule has 1 aromatic rings. The number of carbonyl (C=O) groups excluding carboxylic acids is 1. The van der Waals surface area contributed by atoms with Crippen LogP contribution in [0.25, 0.3) is 0 Å². The van der Waals surface area contributed by atoms with Crippen LogP contribution >= 0.6 is 12.2 Å². The molecule has 5 heteroatoms. The fourth-order valence-electron chi connectivity index (χ4n) is 2.73. The minimum atomic E-state index is 0.0567. The maximum atomic E-state index is 12.3. The number of amides is 1. The van der Waals surface area contributed by atoms with E-state index in [1.807, 2.05) is 36.9 Å². The van der Waals surface area contributed by atoms with Gasteiger partial charge in [-0.05, 0) is 51.0 Å². The molecular weight excluding hydrogens is 282 g/mol. The molecule has 1 N–H and O–H groups in total. The van der Waals surface area contributed by atoms with Crippen molar-refractivity contribution in [3.63, 3.8) is 0 Å². The summed E-state index contributed by atoms with van der Waals surface area (Å²) >= 11 is 5.43. The maximum absolute atomic E-state index is 12.3. The predicted octanol–water partition coefficient (Wildman–Crippen LogP) is 3.28. The maximum Gasteiger partial charge on any atom is 0.229 e. The van der Waals surface area contributed by atoms with Gasteiger partial charge in [-0.15, -0.1) is 0 Å². The molecule has 21 heavy (non-hydrogen) atoms. The lowest BCUT2D eigenvalue weighted by molar-refractivity contribution is -0.124. The molecule has 0 bridgehead atoms. The van der Waals surface area contributed by atoms with Crippen LogP contribution in [-0.2, 0) is 4.79 Å². The van der Waals surface area contributed by atoms with Crippen molar-refractivity contribution in [2.24, 2.45) is 5.92 Å². The Morgan fingerprint density at radius 1 is 1.33 bits per heavy atom. The number of nitrogens with one attached hydrogen (secondary N) is 1. The fourth-order valence-corrected chi connectivity index (χ4v) is 3.14. The Balaban J connectivity index is 2.03. The summed E-state index contributed by atoms with van der Waals surface area (Å²) in [5.41, 5.74) is 0. The number of hydrogen-bond acceptors (Lipinski definition) is 3. The minimum absolute atomic E-state index is 0.0567. The Morgan fingerprint density at radius 3 is 2.62 bits per heavy atom. The van der Waals surface area contributed by atoms with E-state index in [4.69, 9.17) is 12.2 Å². The SMILES string of the molecule is CC(C)N(C(=S)NC(=O)C1CCCCC1)c1ccccn1. The normalized spacial score (nSPS) is 15.8. The number of carbonyl (C=O) groups is 1. The zero-order valence-electron chi connectivity index (χ0n) is 12.7. The van der Waals surface area contributed by atoms with Gasteiger partial charge in [0, 0.05) is 18.2 Å². The van der Waals surface area contributed by atoms with E-state index in [2.05, 4.69) is 10.3 Å². The molecule has 1 aliphatic carbocycles. The molecule has 1 heterocycles. The molecule has 1 saturated carbocycles. The molecule has 4 nitrogen and oxygen atoms in total. The molecule has 1 aromatic heterocycles. The molecule has 0 aliphatic heterocycles. The fraction of sp³-hybridized carbons (Fsp3) is 0.562. The summed E-state index contributed by atoms with van der Waals surface area (Å²) in [6.45, 7) is 4.07. The molecule has 114 valence electrons. The third-order valence-corrected chi connectivity index (χ3v) is 4.14. The summed E-state index contributed by atoms with van der Waals surface area (Å²) < 4.78 is 0. The van der Waals surface area contributed by atoms with Crippen LogP contribution in [-0.4, -0.2) is 22.0 Å². The number of pyridine rings is 1. The zero-order valence-corrected chi connectivity index (χ0v) is 13.5. The first-order valence-corrected chi connectivity index (χ1v) is 8.05. The molecule has 1 fully saturated rings. The van der Waals surface area contributed by atoms with Gasteiger partial charge in [0.05, 0.1) is 0 Å². The second-order valence-corrected chi connectivity index (χ2v) is 6.17. The summed E-state index contributed by atoms with van der Waals surface area (Å²) in [5.74, 6) is 0.928. The average Bonchev–Trinajstić information content (AvgIpc) is 2.49. The summed E-state index contributed by atoms with van der Waals surface area (Å²) in [4.78, 5) is 18.5. The van der Waals surface area contributed by atoms with Crippen molar-refractivity contribution in [2.45, 2.75) is 52.0 Å². The molecule has 0 atom stereocenters. The molecule has 0 radical (unpaired) electrons. The van der Waals surface area contributed by atoms with Crippen molar-refractivity contribution < 1.29 is 4.79 Å². The van der Waals surface area contributed by atoms with Crippen molar-refractivity contribution in [1.29, 1.82) is 0 Å². The van der Waals surface area contributed by atoms with Gasteiger partial charge in [-0.1, -0.05) is 25.3 Å². The van der Waals surface area contributed by atoms with Crippen molar-refractivity contribution in [3.8, 4) is 0 Å². The second-order valence-electron chi connectivity index (χ2n) is 5.78. The second kappa shape index (κ2) is 7.50. The molecule has 0 saturated heterocycles. The summed E-state index contributed by atoms with van der Waals surface area (Å²) in [6, 6.07) is 5.83. The van der Waals surface area contributed by atoms with Crippen LogP contribution in [0.2, 0.25) is 0 Å². The number of thiocarbonyl (C=S) groups is 1. The minimum Gasteiger partial charge on any atom is -0.302 e. The summed E-state index contributed by atoms with van der Waals surface area (Å²) in [7, 11) is 0. The van der Waals surface area contributed by atoms with Crippen LogP contribution in [0.15, 0.2) is 24.4 Å². The topological polar surface area (TPSA) is 45.2 Å². The standard InChI is InChI=1S/C16H23N3OS/c1-12(2)19(14-10-6-7-11-17-14)16(21)18-15(20)13-8-4-3-5-9-13/h6-7,10-13H,3-5,8-9H2,1-2H3,(H,18,20,21). The molecule has 0 aromatic carbocycles. The molecule has 2 rings (SSSR count). The van der Waals surface area contributed by atoms with Gasteiger partial charge in [-0.3, -0.25) is 4.79 Å². The van der Waals surface area contributed by atoms with Gasteiger partial charge in [-0.25, -0.2) is 4.98 Å². The van der Waals surface area contributed by atoms with E-state index in [1.54, 1.807) is 6.20 Å². The van der Waals surface area contributed by atoms with E-state index >= 15 is 0 Å². The van der Waals surface area contributed by atoms with Crippen LogP contribution < -0.4 is 10.2 Å². The number of nitrogens with zero attached hydrogens (tertiary/aromatic N) is 2. The van der Waals surface area contributed by atoms with Gasteiger partial charge in [-0.2, -0.15) is 0 Å². The highest BCUT2D eigenvalue weighted by atomic mass is 32.1. The third kappa shape index (κ3) is 4.24. The molecule has 0 spiro atoms. The van der Waals surface area contributed by atoms with E-state index < -0.39 is 0 Å². The highest BCUT2D eigenvalue weighted by Crippen LogP contribution is 2.24. The van der Waals surface area contributed by atoms with Crippen LogP contribution in [0, 0.1) is 5.92 Å². The first kappa shape index (κ1) is 15.9. The molecule has 0 unspecified atom stereocenters. The van der Waals surface area contributed by atoms with Crippen LogP contribution in [0.4, 0.5) is 5.82 Å². The lowest BCUT2D eigenvalue weighted by Gasteiger charge is -2.29. The highest BCUT2D eigenvalue weighted by molar-refractivity contribution is 7.80. The lowest BCUT2D eigenvalue weighted by atomic mass is 9.89. The monoisotopic (exact) mass is 305 g/mol. The van der Waals surface area contributed by atoms with E-state index in [0.717, 1.165) is 31.5 Å². The Bertz CT molecular complexity index is 484. The Labute approximate surface area is 131 Å². The summed E-state index contributed by atoms with van der Waals surface area (Å²) in [6.07, 6.45) is 7.19. The highest BCUT2D eigenvalue weighted by Gasteiger charge is 2.24.